The molecule has 1 N–H and O–H groups in total. The average molecular weight is 297 g/mol. The molecule has 1 aromatic heterocycles. The zero-order valence-corrected chi connectivity index (χ0v) is 12.5. The summed E-state index contributed by atoms with van der Waals surface area (Å²) in [4.78, 5) is 35.2. The van der Waals surface area contributed by atoms with Gasteiger partial charge in [0.05, 0.1) is 14.2 Å². The van der Waals surface area contributed by atoms with E-state index in [1.54, 1.807) is 0 Å². The Balaban J connectivity index is 2.88. The van der Waals surface area contributed by atoms with Gasteiger partial charge in [0.15, 0.2) is 5.76 Å². The minimum absolute atomic E-state index is 0.00162. The van der Waals surface area contributed by atoms with Crippen LogP contribution in [0.5, 0.6) is 5.75 Å². The molecule has 0 saturated heterocycles. The van der Waals surface area contributed by atoms with Crippen LogP contribution in [-0.4, -0.2) is 32.1 Å². The zero-order valence-electron chi connectivity index (χ0n) is 12.5. The normalized spacial score (nSPS) is 11.9. The lowest BCUT2D eigenvalue weighted by Gasteiger charge is -2.17. The van der Waals surface area contributed by atoms with E-state index in [0.717, 1.165) is 12.3 Å². The number of hydrogen-bond donors (Lipinski definition) is 1. The number of carbonyl (C=O) groups is 2. The van der Waals surface area contributed by atoms with Crippen molar-refractivity contribution in [3.8, 4) is 5.75 Å². The lowest BCUT2D eigenvalue weighted by atomic mass is 10.0. The SMILES string of the molecule is COC(=O)C(CC(C)C)NC(=O)c1cc(=O)c(OC)co1. The van der Waals surface area contributed by atoms with Crippen LogP contribution < -0.4 is 15.5 Å². The third-order valence-electron chi connectivity index (χ3n) is 2.74. The van der Waals surface area contributed by atoms with Crippen molar-refractivity contribution in [1.82, 2.24) is 5.32 Å². The van der Waals surface area contributed by atoms with Gasteiger partial charge in [-0.2, -0.15) is 0 Å². The van der Waals surface area contributed by atoms with Crippen LogP contribution >= 0.6 is 0 Å². The standard InChI is InChI=1S/C14H19NO6/c1-8(2)5-9(14(18)20-4)15-13(17)11-6-10(16)12(19-3)7-21-11/h6-9H,5H2,1-4H3,(H,15,17). The summed E-state index contributed by atoms with van der Waals surface area (Å²) in [7, 11) is 2.57. The first-order chi connectivity index (χ1) is 9.88. The Morgan fingerprint density at radius 3 is 2.48 bits per heavy atom. The maximum Gasteiger partial charge on any atom is 0.328 e. The fourth-order valence-electron chi connectivity index (χ4n) is 1.72. The Kier molecular flexibility index (Phi) is 5.95. The largest absolute Gasteiger partial charge is 0.490 e. The van der Waals surface area contributed by atoms with Crippen molar-refractivity contribution >= 4 is 11.9 Å². The molecule has 0 aromatic carbocycles. The number of hydrogen-bond acceptors (Lipinski definition) is 6. The Labute approximate surface area is 122 Å². The van der Waals surface area contributed by atoms with Crippen LogP contribution in [0.4, 0.5) is 0 Å². The van der Waals surface area contributed by atoms with Gasteiger partial charge in [0.1, 0.15) is 12.3 Å². The van der Waals surface area contributed by atoms with Crippen molar-refractivity contribution in [2.24, 2.45) is 5.92 Å². The van der Waals surface area contributed by atoms with Gasteiger partial charge in [0.2, 0.25) is 11.2 Å². The quantitative estimate of drug-likeness (QED) is 0.786. The molecule has 0 radical (unpaired) electrons. The van der Waals surface area contributed by atoms with Crippen LogP contribution in [-0.2, 0) is 9.53 Å². The molecule has 0 fully saturated rings. The molecule has 1 amide bonds. The van der Waals surface area contributed by atoms with Crippen LogP contribution in [0.1, 0.15) is 30.8 Å². The van der Waals surface area contributed by atoms with E-state index in [2.05, 4.69) is 10.1 Å². The summed E-state index contributed by atoms with van der Waals surface area (Å²) in [5.74, 6) is -1.23. The lowest BCUT2D eigenvalue weighted by Crippen LogP contribution is -2.42. The van der Waals surface area contributed by atoms with E-state index in [0.29, 0.717) is 6.42 Å². The van der Waals surface area contributed by atoms with Crippen molar-refractivity contribution < 1.29 is 23.5 Å². The van der Waals surface area contributed by atoms with Crippen LogP contribution in [0.3, 0.4) is 0 Å². The topological polar surface area (TPSA) is 94.8 Å². The maximum atomic E-state index is 12.0. The van der Waals surface area contributed by atoms with E-state index in [1.165, 1.54) is 14.2 Å². The third-order valence-corrected chi connectivity index (χ3v) is 2.74. The maximum absolute atomic E-state index is 12.0. The highest BCUT2D eigenvalue weighted by atomic mass is 16.5. The van der Waals surface area contributed by atoms with E-state index >= 15 is 0 Å². The zero-order chi connectivity index (χ0) is 16.0. The molecule has 0 saturated carbocycles. The van der Waals surface area contributed by atoms with Gasteiger partial charge in [0.25, 0.3) is 5.91 Å². The number of methoxy groups -OCH3 is 2. The first-order valence-corrected chi connectivity index (χ1v) is 6.44. The second-order valence-corrected chi connectivity index (χ2v) is 4.86. The van der Waals surface area contributed by atoms with Crippen molar-refractivity contribution in [2.45, 2.75) is 26.3 Å². The molecule has 1 rings (SSSR count). The number of esters is 1. The summed E-state index contributed by atoms with van der Waals surface area (Å²) in [6, 6.07) is 0.215. The fraction of sp³-hybridized carbons (Fsp3) is 0.500. The third kappa shape index (κ3) is 4.62. The number of carbonyl (C=O) groups excluding carboxylic acids is 2. The van der Waals surface area contributed by atoms with Crippen molar-refractivity contribution in [2.75, 3.05) is 14.2 Å². The van der Waals surface area contributed by atoms with Crippen LogP contribution in [0.2, 0.25) is 0 Å². The highest BCUT2D eigenvalue weighted by Gasteiger charge is 2.24. The molecule has 21 heavy (non-hydrogen) atoms. The first-order valence-electron chi connectivity index (χ1n) is 6.44. The first kappa shape index (κ1) is 16.7. The summed E-state index contributed by atoms with van der Waals surface area (Å²) in [6.45, 7) is 3.82. The molecular weight excluding hydrogens is 278 g/mol. The average Bonchev–Trinajstić information content (AvgIpc) is 2.44. The summed E-state index contributed by atoms with van der Waals surface area (Å²) < 4.78 is 14.4. The molecule has 7 nitrogen and oxygen atoms in total. The summed E-state index contributed by atoms with van der Waals surface area (Å²) in [6.07, 6.45) is 1.46. The summed E-state index contributed by atoms with van der Waals surface area (Å²) in [5, 5.41) is 2.49. The predicted octanol–water partition coefficient (Wildman–Crippen LogP) is 0.966. The van der Waals surface area contributed by atoms with Gasteiger partial charge in [-0.25, -0.2) is 4.79 Å². The molecule has 0 spiro atoms. The molecule has 0 bridgehead atoms. The van der Waals surface area contributed by atoms with Crippen molar-refractivity contribution in [3.05, 3.63) is 28.3 Å². The number of nitrogens with one attached hydrogen (secondary N) is 1. The van der Waals surface area contributed by atoms with Gasteiger partial charge >= 0.3 is 5.97 Å². The minimum Gasteiger partial charge on any atom is -0.490 e. The van der Waals surface area contributed by atoms with E-state index in [4.69, 9.17) is 9.15 Å². The van der Waals surface area contributed by atoms with Crippen LogP contribution in [0.25, 0.3) is 0 Å². The molecule has 1 atom stereocenters. The monoisotopic (exact) mass is 297 g/mol. The molecule has 1 aromatic rings. The van der Waals surface area contributed by atoms with Gasteiger partial charge < -0.3 is 19.2 Å². The number of ether oxygens (including phenoxy) is 2. The molecule has 1 unspecified atom stereocenters. The number of amides is 1. The molecular formula is C14H19NO6. The van der Waals surface area contributed by atoms with Gasteiger partial charge in [0, 0.05) is 6.07 Å². The van der Waals surface area contributed by atoms with Gasteiger partial charge in [-0.1, -0.05) is 13.8 Å². The molecule has 7 heteroatoms. The second kappa shape index (κ2) is 7.47. The van der Waals surface area contributed by atoms with E-state index < -0.39 is 23.3 Å². The van der Waals surface area contributed by atoms with Gasteiger partial charge in [-0.05, 0) is 12.3 Å². The molecule has 0 aliphatic carbocycles. The highest BCUT2D eigenvalue weighted by molar-refractivity contribution is 5.94. The van der Waals surface area contributed by atoms with Crippen LogP contribution in [0, 0.1) is 5.92 Å². The molecule has 116 valence electrons. The van der Waals surface area contributed by atoms with E-state index in [-0.39, 0.29) is 17.4 Å². The predicted molar refractivity (Wildman–Crippen MR) is 74.3 cm³/mol. The van der Waals surface area contributed by atoms with E-state index in [9.17, 15) is 14.4 Å². The summed E-state index contributed by atoms with van der Waals surface area (Å²) in [5.41, 5.74) is -0.479. The minimum atomic E-state index is -0.796. The Bertz CT molecular complexity index is 563. The summed E-state index contributed by atoms with van der Waals surface area (Å²) >= 11 is 0. The number of rotatable bonds is 6. The van der Waals surface area contributed by atoms with Crippen molar-refractivity contribution in [1.29, 1.82) is 0 Å². The van der Waals surface area contributed by atoms with Crippen molar-refractivity contribution in [3.63, 3.8) is 0 Å². The lowest BCUT2D eigenvalue weighted by molar-refractivity contribution is -0.143. The smallest absolute Gasteiger partial charge is 0.328 e. The molecule has 0 aliphatic heterocycles. The second-order valence-electron chi connectivity index (χ2n) is 4.86. The fourth-order valence-corrected chi connectivity index (χ4v) is 1.72. The van der Waals surface area contributed by atoms with Gasteiger partial charge in [-0.15, -0.1) is 0 Å². The van der Waals surface area contributed by atoms with E-state index in [1.807, 2.05) is 13.8 Å². The van der Waals surface area contributed by atoms with Gasteiger partial charge in [-0.3, -0.25) is 9.59 Å². The molecule has 0 aliphatic rings. The Morgan fingerprint density at radius 2 is 2.00 bits per heavy atom. The molecule has 1 heterocycles. The highest BCUT2D eigenvalue weighted by Crippen LogP contribution is 2.09. The van der Waals surface area contributed by atoms with Crippen LogP contribution in [0.15, 0.2) is 21.5 Å². The Morgan fingerprint density at radius 1 is 1.33 bits per heavy atom. The Hall–Kier alpha value is -2.31.